The highest BCUT2D eigenvalue weighted by Gasteiger charge is 2.34. The van der Waals surface area contributed by atoms with Crippen LogP contribution in [0, 0.1) is 0 Å². The Hall–Kier alpha value is -0.830. The molecule has 1 aliphatic rings. The van der Waals surface area contributed by atoms with Crippen molar-refractivity contribution in [3.8, 4) is 0 Å². The molecule has 0 radical (unpaired) electrons. The Labute approximate surface area is 123 Å². The van der Waals surface area contributed by atoms with Crippen molar-refractivity contribution in [1.29, 1.82) is 0 Å². The number of hydrogen-bond acceptors (Lipinski definition) is 3. The van der Waals surface area contributed by atoms with Gasteiger partial charge in [-0.05, 0) is 19.8 Å². The van der Waals surface area contributed by atoms with Crippen molar-refractivity contribution >= 4 is 5.97 Å². The van der Waals surface area contributed by atoms with Crippen molar-refractivity contribution in [2.45, 2.75) is 90.3 Å². The van der Waals surface area contributed by atoms with Crippen molar-refractivity contribution in [1.82, 2.24) is 0 Å². The Kier molecular flexibility index (Phi) is 8.59. The number of ether oxygens (including phenoxy) is 1. The SMILES string of the molecule is CCCCCCCCCCC/C=C1\C(=O)O[C@@H](C)[C@H]1O. The fourth-order valence-corrected chi connectivity index (χ4v) is 2.59. The van der Waals surface area contributed by atoms with E-state index in [1.165, 1.54) is 51.4 Å². The average Bonchev–Trinajstić information content (AvgIpc) is 2.67. The van der Waals surface area contributed by atoms with Gasteiger partial charge in [-0.15, -0.1) is 0 Å². The molecule has 20 heavy (non-hydrogen) atoms. The molecule has 0 amide bonds. The van der Waals surface area contributed by atoms with Crippen molar-refractivity contribution in [2.24, 2.45) is 0 Å². The molecule has 0 aromatic rings. The molecule has 1 aliphatic heterocycles. The first-order valence-electron chi connectivity index (χ1n) is 8.26. The number of allylic oxidation sites excluding steroid dienone is 1. The van der Waals surface area contributed by atoms with E-state index in [4.69, 9.17) is 4.74 Å². The zero-order chi connectivity index (χ0) is 14.8. The molecule has 1 fully saturated rings. The molecular formula is C17H30O3. The number of esters is 1. The fraction of sp³-hybridized carbons (Fsp3) is 0.824. The van der Waals surface area contributed by atoms with Gasteiger partial charge in [0.1, 0.15) is 12.2 Å². The van der Waals surface area contributed by atoms with Crippen LogP contribution in [-0.4, -0.2) is 23.3 Å². The molecule has 1 saturated heterocycles. The van der Waals surface area contributed by atoms with Gasteiger partial charge in [0.05, 0.1) is 5.57 Å². The maximum atomic E-state index is 11.4. The summed E-state index contributed by atoms with van der Waals surface area (Å²) in [7, 11) is 0. The van der Waals surface area contributed by atoms with Gasteiger partial charge in [-0.2, -0.15) is 0 Å². The third-order valence-corrected chi connectivity index (χ3v) is 3.96. The standard InChI is InChI=1S/C17H30O3/c1-3-4-5-6-7-8-9-10-11-12-13-15-16(18)14(2)20-17(15)19/h13-14,16,18H,3-12H2,1-2H3/b15-13-/t14-,16+/m0/s1. The normalized spacial score (nSPS) is 24.4. The average molecular weight is 282 g/mol. The molecule has 1 rings (SSSR count). The quantitative estimate of drug-likeness (QED) is 0.372. The van der Waals surface area contributed by atoms with Crippen molar-refractivity contribution in [3.63, 3.8) is 0 Å². The molecule has 1 heterocycles. The lowest BCUT2D eigenvalue weighted by Crippen LogP contribution is -2.17. The highest BCUT2D eigenvalue weighted by molar-refractivity contribution is 5.92. The smallest absolute Gasteiger partial charge is 0.336 e. The summed E-state index contributed by atoms with van der Waals surface area (Å²) in [6, 6.07) is 0. The predicted molar refractivity (Wildman–Crippen MR) is 81.5 cm³/mol. The highest BCUT2D eigenvalue weighted by Crippen LogP contribution is 2.22. The van der Waals surface area contributed by atoms with E-state index in [-0.39, 0.29) is 5.97 Å². The first-order valence-corrected chi connectivity index (χ1v) is 8.26. The predicted octanol–water partition coefficient (Wildman–Crippen LogP) is 4.14. The number of carbonyl (C=O) groups is 1. The lowest BCUT2D eigenvalue weighted by Gasteiger charge is -2.04. The summed E-state index contributed by atoms with van der Waals surface area (Å²) in [4.78, 5) is 11.4. The van der Waals surface area contributed by atoms with E-state index in [9.17, 15) is 9.90 Å². The van der Waals surface area contributed by atoms with E-state index >= 15 is 0 Å². The van der Waals surface area contributed by atoms with Crippen LogP contribution in [0.5, 0.6) is 0 Å². The summed E-state index contributed by atoms with van der Waals surface area (Å²) < 4.78 is 4.97. The lowest BCUT2D eigenvalue weighted by atomic mass is 10.0. The second-order valence-electron chi connectivity index (χ2n) is 5.83. The third-order valence-electron chi connectivity index (χ3n) is 3.96. The van der Waals surface area contributed by atoms with Crippen LogP contribution in [-0.2, 0) is 9.53 Å². The zero-order valence-electron chi connectivity index (χ0n) is 13.1. The van der Waals surface area contributed by atoms with Gasteiger partial charge in [0.15, 0.2) is 0 Å². The molecule has 0 bridgehead atoms. The zero-order valence-corrected chi connectivity index (χ0v) is 13.1. The van der Waals surface area contributed by atoms with Gasteiger partial charge in [0.2, 0.25) is 0 Å². The highest BCUT2D eigenvalue weighted by atomic mass is 16.6. The van der Waals surface area contributed by atoms with Crippen LogP contribution in [0.15, 0.2) is 11.6 Å². The number of unbranched alkanes of at least 4 members (excludes halogenated alkanes) is 9. The monoisotopic (exact) mass is 282 g/mol. The van der Waals surface area contributed by atoms with Crippen molar-refractivity contribution in [3.05, 3.63) is 11.6 Å². The Morgan fingerprint density at radius 1 is 1.05 bits per heavy atom. The van der Waals surface area contributed by atoms with Gasteiger partial charge in [-0.1, -0.05) is 64.4 Å². The minimum absolute atomic E-state index is 0.346. The number of hydrogen-bond donors (Lipinski definition) is 1. The number of carbonyl (C=O) groups excluding carboxylic acids is 1. The maximum absolute atomic E-state index is 11.4. The molecular weight excluding hydrogens is 252 g/mol. The van der Waals surface area contributed by atoms with Gasteiger partial charge in [0, 0.05) is 0 Å². The van der Waals surface area contributed by atoms with E-state index in [2.05, 4.69) is 6.92 Å². The van der Waals surface area contributed by atoms with E-state index in [1.54, 1.807) is 6.92 Å². The van der Waals surface area contributed by atoms with Crippen molar-refractivity contribution in [2.75, 3.05) is 0 Å². The number of rotatable bonds is 10. The van der Waals surface area contributed by atoms with Crippen LogP contribution >= 0.6 is 0 Å². The molecule has 2 atom stereocenters. The maximum Gasteiger partial charge on any atom is 0.336 e. The van der Waals surface area contributed by atoms with Gasteiger partial charge in [-0.3, -0.25) is 0 Å². The second-order valence-corrected chi connectivity index (χ2v) is 5.83. The van der Waals surface area contributed by atoms with Crippen LogP contribution in [0.3, 0.4) is 0 Å². The first kappa shape index (κ1) is 17.2. The van der Waals surface area contributed by atoms with Crippen LogP contribution in [0.2, 0.25) is 0 Å². The van der Waals surface area contributed by atoms with E-state index in [1.807, 2.05) is 6.08 Å². The van der Waals surface area contributed by atoms with E-state index in [0.717, 1.165) is 12.8 Å². The van der Waals surface area contributed by atoms with Crippen LogP contribution in [0.4, 0.5) is 0 Å². The number of cyclic esters (lactones) is 1. The molecule has 116 valence electrons. The van der Waals surface area contributed by atoms with Gasteiger partial charge >= 0.3 is 5.97 Å². The largest absolute Gasteiger partial charge is 0.456 e. The Morgan fingerprint density at radius 2 is 1.60 bits per heavy atom. The second kappa shape index (κ2) is 9.98. The van der Waals surface area contributed by atoms with E-state index < -0.39 is 12.2 Å². The molecule has 0 aliphatic carbocycles. The van der Waals surface area contributed by atoms with Crippen LogP contribution in [0.1, 0.15) is 78.1 Å². The Balaban J connectivity index is 2.01. The minimum Gasteiger partial charge on any atom is -0.456 e. The first-order chi connectivity index (χ1) is 9.66. The molecule has 0 spiro atoms. The number of aliphatic hydroxyl groups excluding tert-OH is 1. The molecule has 3 nitrogen and oxygen atoms in total. The third kappa shape index (κ3) is 6.08. The molecule has 1 N–H and O–H groups in total. The summed E-state index contributed by atoms with van der Waals surface area (Å²) in [6.45, 7) is 3.97. The lowest BCUT2D eigenvalue weighted by molar-refractivity contribution is -0.138. The summed E-state index contributed by atoms with van der Waals surface area (Å²) >= 11 is 0. The minimum atomic E-state index is -0.735. The van der Waals surface area contributed by atoms with Gasteiger partial charge < -0.3 is 9.84 Å². The van der Waals surface area contributed by atoms with Crippen LogP contribution < -0.4 is 0 Å². The van der Waals surface area contributed by atoms with Crippen molar-refractivity contribution < 1.29 is 14.6 Å². The molecule has 0 aromatic carbocycles. The molecule has 0 aromatic heterocycles. The Morgan fingerprint density at radius 3 is 2.10 bits per heavy atom. The number of aliphatic hydroxyl groups is 1. The van der Waals surface area contributed by atoms with Crippen LogP contribution in [0.25, 0.3) is 0 Å². The summed E-state index contributed by atoms with van der Waals surface area (Å²) in [6.07, 6.45) is 13.3. The van der Waals surface area contributed by atoms with E-state index in [0.29, 0.717) is 5.57 Å². The van der Waals surface area contributed by atoms with Gasteiger partial charge in [-0.25, -0.2) is 4.79 Å². The van der Waals surface area contributed by atoms with Gasteiger partial charge in [0.25, 0.3) is 0 Å². The molecule has 3 heteroatoms. The summed E-state index contributed by atoms with van der Waals surface area (Å²) in [5.41, 5.74) is 0.456. The fourth-order valence-electron chi connectivity index (χ4n) is 2.59. The summed E-state index contributed by atoms with van der Waals surface area (Å²) in [5, 5.41) is 9.76. The topological polar surface area (TPSA) is 46.5 Å². The summed E-state index contributed by atoms with van der Waals surface area (Å²) in [5.74, 6) is -0.346. The molecule has 0 saturated carbocycles. The molecule has 0 unspecified atom stereocenters. The Bertz CT molecular complexity index is 309.